The van der Waals surface area contributed by atoms with Crippen molar-refractivity contribution in [3.63, 3.8) is 0 Å². The molecule has 1 aromatic heterocycles. The van der Waals surface area contributed by atoms with E-state index in [1.165, 1.54) is 0 Å². The summed E-state index contributed by atoms with van der Waals surface area (Å²) < 4.78 is 10.9. The number of rotatable bonds is 5. The maximum atomic E-state index is 12.5. The highest BCUT2D eigenvalue weighted by Crippen LogP contribution is 2.19. The fourth-order valence-electron chi connectivity index (χ4n) is 3.06. The first-order chi connectivity index (χ1) is 12.0. The lowest BCUT2D eigenvalue weighted by Gasteiger charge is -2.37. The van der Waals surface area contributed by atoms with Gasteiger partial charge in [0.2, 0.25) is 11.8 Å². The van der Waals surface area contributed by atoms with Crippen molar-refractivity contribution in [3.8, 4) is 11.5 Å². The molecule has 0 saturated carbocycles. The highest BCUT2D eigenvalue weighted by atomic mass is 16.5. The summed E-state index contributed by atoms with van der Waals surface area (Å²) in [4.78, 5) is 14.8. The quantitative estimate of drug-likeness (QED) is 0.892. The van der Waals surface area contributed by atoms with E-state index in [9.17, 15) is 4.79 Å². The maximum Gasteiger partial charge on any atom is 0.251 e. The largest absolute Gasteiger partial charge is 0.421 e. The first-order valence-corrected chi connectivity index (χ1v) is 8.57. The van der Waals surface area contributed by atoms with E-state index >= 15 is 0 Å². The van der Waals surface area contributed by atoms with Gasteiger partial charge in [0.25, 0.3) is 5.91 Å². The third-order valence-corrected chi connectivity index (χ3v) is 4.44. The molecule has 0 bridgehead atoms. The monoisotopic (exact) mass is 344 g/mol. The number of carbonyl (C=O) groups excluding carboxylic acids is 1. The number of amides is 1. The number of aryl methyl sites for hydroxylation is 1. The molecular weight excluding hydrogens is 320 g/mol. The third-order valence-electron chi connectivity index (χ3n) is 4.44. The molecule has 7 nitrogen and oxygen atoms in total. The first-order valence-electron chi connectivity index (χ1n) is 8.57. The zero-order valence-corrected chi connectivity index (χ0v) is 14.9. The van der Waals surface area contributed by atoms with Gasteiger partial charge in [-0.05, 0) is 32.0 Å². The van der Waals surface area contributed by atoms with Crippen LogP contribution in [-0.4, -0.2) is 59.4 Å². The van der Waals surface area contributed by atoms with Crippen LogP contribution in [0.3, 0.4) is 0 Å². The number of morpholine rings is 1. The normalized spacial score (nSPS) is 19.6. The van der Waals surface area contributed by atoms with E-state index in [0.29, 0.717) is 29.9 Å². The zero-order valence-electron chi connectivity index (χ0n) is 14.9. The van der Waals surface area contributed by atoms with Crippen LogP contribution >= 0.6 is 0 Å². The van der Waals surface area contributed by atoms with Crippen LogP contribution in [0.4, 0.5) is 0 Å². The second kappa shape index (κ2) is 7.76. The van der Waals surface area contributed by atoms with Gasteiger partial charge in [-0.25, -0.2) is 0 Å². The van der Waals surface area contributed by atoms with Gasteiger partial charge in [0, 0.05) is 43.2 Å². The minimum Gasteiger partial charge on any atom is -0.421 e. The Labute approximate surface area is 147 Å². The Kier molecular flexibility index (Phi) is 5.45. The molecule has 2 atom stereocenters. The number of nitrogens with zero attached hydrogens (tertiary/aromatic N) is 3. The molecule has 134 valence electrons. The van der Waals surface area contributed by atoms with E-state index in [2.05, 4.69) is 34.3 Å². The first kappa shape index (κ1) is 17.6. The van der Waals surface area contributed by atoms with E-state index in [0.717, 1.165) is 25.3 Å². The van der Waals surface area contributed by atoms with Crippen molar-refractivity contribution in [2.45, 2.75) is 32.9 Å². The molecule has 25 heavy (non-hydrogen) atoms. The standard InChI is InChI=1S/C18H24N4O3/c1-12(22-7-8-24-11-13(22)2)10-19-17(23)15-5-4-6-16(9-15)18-21-20-14(3)25-18/h4-6,9,12-13H,7-8,10-11H2,1-3H3,(H,19,23)/t12-,13+/m1/s1. The predicted octanol–water partition coefficient (Wildman–Crippen LogP) is 1.88. The van der Waals surface area contributed by atoms with Gasteiger partial charge in [-0.2, -0.15) is 0 Å². The highest BCUT2D eigenvalue weighted by molar-refractivity contribution is 5.95. The minimum absolute atomic E-state index is 0.106. The summed E-state index contributed by atoms with van der Waals surface area (Å²) in [6.07, 6.45) is 0. The van der Waals surface area contributed by atoms with Gasteiger partial charge in [0.1, 0.15) is 0 Å². The lowest BCUT2D eigenvalue weighted by Crippen LogP contribution is -2.51. The van der Waals surface area contributed by atoms with Gasteiger partial charge < -0.3 is 14.5 Å². The van der Waals surface area contributed by atoms with Gasteiger partial charge in [-0.3, -0.25) is 9.69 Å². The Balaban J connectivity index is 1.61. The van der Waals surface area contributed by atoms with E-state index in [-0.39, 0.29) is 11.9 Å². The lowest BCUT2D eigenvalue weighted by molar-refractivity contribution is -0.0178. The average Bonchev–Trinajstić information content (AvgIpc) is 3.06. The van der Waals surface area contributed by atoms with Gasteiger partial charge in [-0.1, -0.05) is 6.07 Å². The summed E-state index contributed by atoms with van der Waals surface area (Å²) in [6, 6.07) is 7.84. The van der Waals surface area contributed by atoms with Crippen LogP contribution < -0.4 is 5.32 Å². The van der Waals surface area contributed by atoms with Crippen molar-refractivity contribution in [3.05, 3.63) is 35.7 Å². The number of hydrogen-bond donors (Lipinski definition) is 1. The maximum absolute atomic E-state index is 12.5. The zero-order chi connectivity index (χ0) is 17.8. The number of carbonyl (C=O) groups is 1. The molecular formula is C18H24N4O3. The van der Waals surface area contributed by atoms with Crippen LogP contribution in [0.2, 0.25) is 0 Å². The van der Waals surface area contributed by atoms with Crippen molar-refractivity contribution < 1.29 is 13.9 Å². The van der Waals surface area contributed by atoms with Crippen LogP contribution in [0.15, 0.2) is 28.7 Å². The van der Waals surface area contributed by atoms with Crippen LogP contribution in [0.1, 0.15) is 30.1 Å². The van der Waals surface area contributed by atoms with Crippen molar-refractivity contribution in [2.24, 2.45) is 0 Å². The molecule has 0 aliphatic carbocycles. The lowest BCUT2D eigenvalue weighted by atomic mass is 10.1. The van der Waals surface area contributed by atoms with Gasteiger partial charge in [-0.15, -0.1) is 10.2 Å². The van der Waals surface area contributed by atoms with E-state index < -0.39 is 0 Å². The molecule has 1 aromatic carbocycles. The molecule has 1 N–H and O–H groups in total. The number of aromatic nitrogens is 2. The minimum atomic E-state index is -0.106. The van der Waals surface area contributed by atoms with Crippen LogP contribution in [0.5, 0.6) is 0 Å². The molecule has 3 rings (SSSR count). The summed E-state index contributed by atoms with van der Waals surface area (Å²) in [6.45, 7) is 8.98. The molecule has 2 aromatic rings. The Bertz CT molecular complexity index is 731. The van der Waals surface area contributed by atoms with Gasteiger partial charge in [0.05, 0.1) is 13.2 Å². The summed E-state index contributed by atoms with van der Waals surface area (Å²) in [7, 11) is 0. The summed E-state index contributed by atoms with van der Waals surface area (Å²) in [5.74, 6) is 0.812. The van der Waals surface area contributed by atoms with Crippen molar-refractivity contribution in [1.82, 2.24) is 20.4 Å². The number of hydrogen-bond acceptors (Lipinski definition) is 6. The second-order valence-electron chi connectivity index (χ2n) is 6.43. The molecule has 0 spiro atoms. The fraction of sp³-hybridized carbons (Fsp3) is 0.500. The highest BCUT2D eigenvalue weighted by Gasteiger charge is 2.24. The van der Waals surface area contributed by atoms with Gasteiger partial charge >= 0.3 is 0 Å². The molecule has 0 unspecified atom stereocenters. The molecule has 2 heterocycles. The van der Waals surface area contributed by atoms with E-state index in [4.69, 9.17) is 9.15 Å². The van der Waals surface area contributed by atoms with E-state index in [1.807, 2.05) is 12.1 Å². The van der Waals surface area contributed by atoms with Crippen molar-refractivity contribution in [2.75, 3.05) is 26.3 Å². The smallest absolute Gasteiger partial charge is 0.251 e. The summed E-state index contributed by atoms with van der Waals surface area (Å²) >= 11 is 0. The molecule has 1 aliphatic rings. The molecule has 7 heteroatoms. The van der Waals surface area contributed by atoms with Crippen LogP contribution in [0, 0.1) is 6.92 Å². The van der Waals surface area contributed by atoms with Gasteiger partial charge in [0.15, 0.2) is 0 Å². The Morgan fingerprint density at radius 3 is 3.00 bits per heavy atom. The molecule has 0 radical (unpaired) electrons. The molecule has 1 aliphatic heterocycles. The number of ether oxygens (including phenoxy) is 1. The second-order valence-corrected chi connectivity index (χ2v) is 6.43. The van der Waals surface area contributed by atoms with E-state index in [1.54, 1.807) is 19.1 Å². The summed E-state index contributed by atoms with van der Waals surface area (Å²) in [5, 5.41) is 10.8. The van der Waals surface area contributed by atoms with Crippen molar-refractivity contribution in [1.29, 1.82) is 0 Å². The van der Waals surface area contributed by atoms with Crippen molar-refractivity contribution >= 4 is 5.91 Å². The summed E-state index contributed by atoms with van der Waals surface area (Å²) in [5.41, 5.74) is 1.32. The molecule has 1 amide bonds. The number of benzene rings is 1. The Morgan fingerprint density at radius 2 is 2.28 bits per heavy atom. The SMILES string of the molecule is Cc1nnc(-c2cccc(C(=O)NC[C@@H](C)N3CCOC[C@@H]3C)c2)o1. The Hall–Kier alpha value is -2.25. The molecule has 1 fully saturated rings. The molecule has 1 saturated heterocycles. The average molecular weight is 344 g/mol. The fourth-order valence-corrected chi connectivity index (χ4v) is 3.06. The predicted molar refractivity (Wildman–Crippen MR) is 93.3 cm³/mol. The van der Waals surface area contributed by atoms with Crippen LogP contribution in [0.25, 0.3) is 11.5 Å². The topological polar surface area (TPSA) is 80.5 Å². The number of nitrogens with one attached hydrogen (secondary N) is 1. The van der Waals surface area contributed by atoms with Crippen LogP contribution in [-0.2, 0) is 4.74 Å². The third kappa shape index (κ3) is 4.24. The Morgan fingerprint density at radius 1 is 1.44 bits per heavy atom.